The van der Waals surface area contributed by atoms with Gasteiger partial charge < -0.3 is 14.8 Å². The zero-order valence-corrected chi connectivity index (χ0v) is 11.4. The second-order valence-corrected chi connectivity index (χ2v) is 4.05. The molecular weight excluding hydrogens is 297 g/mol. The third-order valence-corrected chi connectivity index (χ3v) is 2.54. The zero-order valence-electron chi connectivity index (χ0n) is 11.4. The maximum absolute atomic E-state index is 13.2. The van der Waals surface area contributed by atoms with E-state index >= 15 is 0 Å². The van der Waals surface area contributed by atoms with E-state index in [4.69, 9.17) is 4.74 Å². The van der Waals surface area contributed by atoms with Crippen molar-refractivity contribution in [1.29, 1.82) is 0 Å². The quantitative estimate of drug-likeness (QED) is 0.329. The normalized spacial score (nSPS) is 11.0. The monoisotopic (exact) mass is 313 g/mol. The summed E-state index contributed by atoms with van der Waals surface area (Å²) in [5, 5.41) is 2.88. The first-order valence-electron chi connectivity index (χ1n) is 6.43. The molecule has 3 nitrogen and oxygen atoms in total. The molecular formula is C13H16F5NO2. The van der Waals surface area contributed by atoms with Crippen molar-refractivity contribution in [1.82, 2.24) is 5.32 Å². The Labute approximate surface area is 119 Å². The van der Waals surface area contributed by atoms with Crippen molar-refractivity contribution in [2.75, 3.05) is 32.9 Å². The SMILES string of the molecule is CCOCCCNCCOc1c(F)c(F)c(F)c(F)c1F. The smallest absolute Gasteiger partial charge is 0.206 e. The van der Waals surface area contributed by atoms with E-state index in [1.807, 2.05) is 6.92 Å². The van der Waals surface area contributed by atoms with E-state index in [0.29, 0.717) is 19.8 Å². The van der Waals surface area contributed by atoms with E-state index in [1.165, 1.54) is 0 Å². The van der Waals surface area contributed by atoms with Gasteiger partial charge in [-0.25, -0.2) is 13.2 Å². The molecule has 0 saturated heterocycles. The number of hydrogen-bond donors (Lipinski definition) is 1. The molecule has 1 N–H and O–H groups in total. The lowest BCUT2D eigenvalue weighted by molar-refractivity contribution is 0.144. The second-order valence-electron chi connectivity index (χ2n) is 4.05. The number of benzene rings is 1. The molecule has 0 fully saturated rings. The van der Waals surface area contributed by atoms with Crippen LogP contribution in [0.5, 0.6) is 5.75 Å². The van der Waals surface area contributed by atoms with Crippen molar-refractivity contribution in [2.24, 2.45) is 0 Å². The van der Waals surface area contributed by atoms with Crippen molar-refractivity contribution in [3.8, 4) is 5.75 Å². The predicted molar refractivity (Wildman–Crippen MR) is 65.7 cm³/mol. The van der Waals surface area contributed by atoms with Crippen molar-refractivity contribution in [3.05, 3.63) is 29.1 Å². The fourth-order valence-electron chi connectivity index (χ4n) is 1.51. The van der Waals surface area contributed by atoms with Crippen LogP contribution in [-0.4, -0.2) is 32.9 Å². The summed E-state index contributed by atoms with van der Waals surface area (Å²) < 4.78 is 74.7. The summed E-state index contributed by atoms with van der Waals surface area (Å²) in [5.74, 6) is -11.4. The topological polar surface area (TPSA) is 30.5 Å². The first-order valence-corrected chi connectivity index (χ1v) is 6.43. The highest BCUT2D eigenvalue weighted by Gasteiger charge is 2.26. The van der Waals surface area contributed by atoms with Crippen LogP contribution in [0.2, 0.25) is 0 Å². The summed E-state index contributed by atoms with van der Waals surface area (Å²) in [7, 11) is 0. The molecule has 0 aliphatic heterocycles. The van der Waals surface area contributed by atoms with E-state index in [-0.39, 0.29) is 13.2 Å². The Morgan fingerprint density at radius 1 is 0.810 bits per heavy atom. The lowest BCUT2D eigenvalue weighted by Crippen LogP contribution is -2.23. The van der Waals surface area contributed by atoms with Crippen LogP contribution in [0.25, 0.3) is 0 Å². The van der Waals surface area contributed by atoms with Gasteiger partial charge in [-0.2, -0.15) is 8.78 Å². The summed E-state index contributed by atoms with van der Waals surface area (Å²) in [6.07, 6.45) is 0.733. The van der Waals surface area contributed by atoms with Gasteiger partial charge in [-0.15, -0.1) is 0 Å². The zero-order chi connectivity index (χ0) is 15.8. The number of rotatable bonds is 9. The molecule has 0 amide bonds. The van der Waals surface area contributed by atoms with Gasteiger partial charge in [-0.05, 0) is 19.9 Å². The number of halogens is 5. The van der Waals surface area contributed by atoms with Gasteiger partial charge in [0.05, 0.1) is 0 Å². The third-order valence-electron chi connectivity index (χ3n) is 2.54. The second kappa shape index (κ2) is 8.78. The minimum absolute atomic E-state index is 0.200. The largest absolute Gasteiger partial charge is 0.486 e. The Morgan fingerprint density at radius 2 is 1.38 bits per heavy atom. The first kappa shape index (κ1) is 17.6. The lowest BCUT2D eigenvalue weighted by Gasteiger charge is -2.10. The molecule has 0 spiro atoms. The van der Waals surface area contributed by atoms with Gasteiger partial charge in [-0.1, -0.05) is 0 Å². The van der Waals surface area contributed by atoms with Crippen LogP contribution < -0.4 is 10.1 Å². The minimum Gasteiger partial charge on any atom is -0.486 e. The average Bonchev–Trinajstić information content (AvgIpc) is 2.49. The number of hydrogen-bond acceptors (Lipinski definition) is 3. The van der Waals surface area contributed by atoms with Gasteiger partial charge in [0.15, 0.2) is 5.75 Å². The third kappa shape index (κ3) is 4.82. The molecule has 1 aromatic carbocycles. The van der Waals surface area contributed by atoms with E-state index in [1.54, 1.807) is 0 Å². The van der Waals surface area contributed by atoms with Crippen LogP contribution in [0, 0.1) is 29.1 Å². The molecule has 0 aromatic heterocycles. The molecule has 0 heterocycles. The molecule has 0 saturated carbocycles. The Hall–Kier alpha value is -1.41. The summed E-state index contributed by atoms with van der Waals surface area (Å²) in [6.45, 7) is 3.61. The van der Waals surface area contributed by atoms with Gasteiger partial charge in [-0.3, -0.25) is 0 Å². The highest BCUT2D eigenvalue weighted by Crippen LogP contribution is 2.28. The molecule has 0 aliphatic rings. The maximum atomic E-state index is 13.2. The van der Waals surface area contributed by atoms with Gasteiger partial charge in [0.2, 0.25) is 29.1 Å². The molecule has 8 heteroatoms. The molecule has 0 aliphatic carbocycles. The Balaban J connectivity index is 2.43. The molecule has 1 aromatic rings. The lowest BCUT2D eigenvalue weighted by atomic mass is 10.2. The van der Waals surface area contributed by atoms with Crippen LogP contribution >= 0.6 is 0 Å². The van der Waals surface area contributed by atoms with E-state index < -0.39 is 34.8 Å². The summed E-state index contributed by atoms with van der Waals surface area (Å²) in [4.78, 5) is 0. The molecule has 1 rings (SSSR count). The van der Waals surface area contributed by atoms with Crippen molar-refractivity contribution in [3.63, 3.8) is 0 Å². The molecule has 0 radical (unpaired) electrons. The average molecular weight is 313 g/mol. The van der Waals surface area contributed by atoms with Crippen LogP contribution in [0.1, 0.15) is 13.3 Å². The van der Waals surface area contributed by atoms with Gasteiger partial charge in [0.1, 0.15) is 6.61 Å². The number of nitrogens with one attached hydrogen (secondary N) is 1. The van der Waals surface area contributed by atoms with Gasteiger partial charge in [0, 0.05) is 19.8 Å². The Bertz CT molecular complexity index is 441. The summed E-state index contributed by atoms with van der Waals surface area (Å²) in [6, 6.07) is 0. The first-order chi connectivity index (χ1) is 10.0. The van der Waals surface area contributed by atoms with Crippen LogP contribution in [0.4, 0.5) is 22.0 Å². The van der Waals surface area contributed by atoms with Crippen molar-refractivity contribution in [2.45, 2.75) is 13.3 Å². The minimum atomic E-state index is -2.20. The van der Waals surface area contributed by atoms with Crippen molar-refractivity contribution < 1.29 is 31.4 Å². The predicted octanol–water partition coefficient (Wildman–Crippen LogP) is 2.78. The maximum Gasteiger partial charge on any atom is 0.206 e. The van der Waals surface area contributed by atoms with Crippen LogP contribution in [0.15, 0.2) is 0 Å². The Morgan fingerprint density at radius 3 is 1.95 bits per heavy atom. The molecule has 120 valence electrons. The highest BCUT2D eigenvalue weighted by molar-refractivity contribution is 5.29. The summed E-state index contributed by atoms with van der Waals surface area (Å²) in [5.41, 5.74) is 0. The molecule has 0 unspecified atom stereocenters. The molecule has 0 atom stereocenters. The van der Waals surface area contributed by atoms with Crippen LogP contribution in [-0.2, 0) is 4.74 Å². The van der Waals surface area contributed by atoms with Gasteiger partial charge >= 0.3 is 0 Å². The fourth-order valence-corrected chi connectivity index (χ4v) is 1.51. The van der Waals surface area contributed by atoms with E-state index in [2.05, 4.69) is 10.1 Å². The Kier molecular flexibility index (Phi) is 7.38. The summed E-state index contributed by atoms with van der Waals surface area (Å²) >= 11 is 0. The molecule has 0 bridgehead atoms. The van der Waals surface area contributed by atoms with E-state index in [9.17, 15) is 22.0 Å². The highest BCUT2D eigenvalue weighted by atomic mass is 19.2. The van der Waals surface area contributed by atoms with Gasteiger partial charge in [0.25, 0.3) is 0 Å². The van der Waals surface area contributed by atoms with Crippen molar-refractivity contribution >= 4 is 0 Å². The molecule has 21 heavy (non-hydrogen) atoms. The van der Waals surface area contributed by atoms with Crippen LogP contribution in [0.3, 0.4) is 0 Å². The number of ether oxygens (including phenoxy) is 2. The fraction of sp³-hybridized carbons (Fsp3) is 0.538. The standard InChI is InChI=1S/C13H16F5NO2/c1-2-20-6-3-4-19-5-7-21-13-11(17)9(15)8(14)10(16)12(13)18/h19H,2-7H2,1H3. The van der Waals surface area contributed by atoms with E-state index in [0.717, 1.165) is 6.42 Å².